The summed E-state index contributed by atoms with van der Waals surface area (Å²) in [6, 6.07) is 12.4. The van der Waals surface area contributed by atoms with E-state index in [1.165, 1.54) is 10.7 Å². The molecule has 4 heterocycles. The van der Waals surface area contributed by atoms with Crippen molar-refractivity contribution in [2.24, 2.45) is 0 Å². The van der Waals surface area contributed by atoms with Gasteiger partial charge in [-0.1, -0.05) is 5.16 Å². The first kappa shape index (κ1) is 17.1. The number of hydrogen-bond acceptors (Lipinski definition) is 8. The Morgan fingerprint density at radius 3 is 2.86 bits per heavy atom. The van der Waals surface area contributed by atoms with Crippen molar-refractivity contribution in [1.82, 2.24) is 24.9 Å². The van der Waals surface area contributed by atoms with Gasteiger partial charge in [0.2, 0.25) is 18.5 Å². The Balaban J connectivity index is 1.35. The molecule has 1 aromatic carbocycles. The Morgan fingerprint density at radius 2 is 1.97 bits per heavy atom. The van der Waals surface area contributed by atoms with Crippen molar-refractivity contribution in [3.63, 3.8) is 0 Å². The molecular formula is C20H15N5O4. The number of fused-ring (bicyclic) bond motifs is 1. The molecule has 1 aliphatic rings. The molecule has 4 aromatic rings. The molecule has 0 spiro atoms. The molecule has 0 radical (unpaired) electrons. The largest absolute Gasteiger partial charge is 0.454 e. The number of ether oxygens (including phenoxy) is 2. The summed E-state index contributed by atoms with van der Waals surface area (Å²) in [6.45, 7) is 0.517. The molecule has 144 valence electrons. The van der Waals surface area contributed by atoms with E-state index in [2.05, 4.69) is 20.2 Å². The van der Waals surface area contributed by atoms with Crippen molar-refractivity contribution in [2.45, 2.75) is 13.0 Å². The highest BCUT2D eigenvalue weighted by Crippen LogP contribution is 2.35. The van der Waals surface area contributed by atoms with Gasteiger partial charge in [0.1, 0.15) is 0 Å². The summed E-state index contributed by atoms with van der Waals surface area (Å²) in [5.41, 5.74) is 2.05. The maximum Gasteiger partial charge on any atom is 0.266 e. The number of nitrogens with zero attached hydrogens (tertiary/aromatic N) is 5. The second-order valence-corrected chi connectivity index (χ2v) is 6.35. The highest BCUT2D eigenvalue weighted by molar-refractivity contribution is 5.63. The Morgan fingerprint density at radius 1 is 1.03 bits per heavy atom. The molecular weight excluding hydrogens is 374 g/mol. The lowest BCUT2D eigenvalue weighted by Gasteiger charge is -2.06. The average molecular weight is 389 g/mol. The second kappa shape index (κ2) is 7.19. The maximum absolute atomic E-state index is 12.2. The van der Waals surface area contributed by atoms with E-state index >= 15 is 0 Å². The number of aromatic nitrogens is 5. The van der Waals surface area contributed by atoms with Gasteiger partial charge in [-0.05, 0) is 36.4 Å². The van der Waals surface area contributed by atoms with Crippen LogP contribution in [0.1, 0.15) is 5.89 Å². The molecule has 0 bridgehead atoms. The molecule has 9 heteroatoms. The molecule has 0 saturated carbocycles. The van der Waals surface area contributed by atoms with Crippen LogP contribution in [0.4, 0.5) is 0 Å². The van der Waals surface area contributed by atoms with E-state index in [1.807, 2.05) is 24.3 Å². The van der Waals surface area contributed by atoms with Crippen LogP contribution < -0.4 is 15.0 Å². The maximum atomic E-state index is 12.2. The zero-order chi connectivity index (χ0) is 19.6. The minimum Gasteiger partial charge on any atom is -0.454 e. The first-order chi connectivity index (χ1) is 14.3. The third-order valence-electron chi connectivity index (χ3n) is 4.46. The lowest BCUT2D eigenvalue weighted by molar-refractivity contribution is 0.174. The van der Waals surface area contributed by atoms with E-state index < -0.39 is 0 Å². The molecule has 0 amide bonds. The van der Waals surface area contributed by atoms with Gasteiger partial charge >= 0.3 is 0 Å². The van der Waals surface area contributed by atoms with Crippen LogP contribution in [0.5, 0.6) is 11.5 Å². The van der Waals surface area contributed by atoms with Crippen LogP contribution in [0.15, 0.2) is 64.2 Å². The number of rotatable bonds is 5. The Bertz CT molecular complexity index is 1220. The first-order valence-corrected chi connectivity index (χ1v) is 8.97. The monoisotopic (exact) mass is 389 g/mol. The topological polar surface area (TPSA) is 105 Å². The van der Waals surface area contributed by atoms with Crippen LogP contribution >= 0.6 is 0 Å². The predicted octanol–water partition coefficient (Wildman–Crippen LogP) is 2.33. The molecule has 29 heavy (non-hydrogen) atoms. The van der Waals surface area contributed by atoms with E-state index in [4.69, 9.17) is 14.0 Å². The fraction of sp³-hybridized carbons (Fsp3) is 0.150. The van der Waals surface area contributed by atoms with Crippen molar-refractivity contribution in [3.05, 3.63) is 71.1 Å². The number of benzene rings is 1. The number of pyridine rings is 1. The van der Waals surface area contributed by atoms with E-state index in [0.717, 1.165) is 11.1 Å². The third kappa shape index (κ3) is 3.45. The van der Waals surface area contributed by atoms with E-state index in [1.54, 1.807) is 24.5 Å². The van der Waals surface area contributed by atoms with Gasteiger partial charge in [-0.2, -0.15) is 10.1 Å². The lowest BCUT2D eigenvalue weighted by Crippen LogP contribution is -2.23. The molecule has 5 rings (SSSR count). The Labute approximate surface area is 164 Å². The van der Waals surface area contributed by atoms with Gasteiger partial charge in [-0.15, -0.1) is 0 Å². The van der Waals surface area contributed by atoms with Crippen LogP contribution in [-0.4, -0.2) is 31.7 Å². The third-order valence-corrected chi connectivity index (χ3v) is 4.46. The summed E-state index contributed by atoms with van der Waals surface area (Å²) in [7, 11) is 0. The van der Waals surface area contributed by atoms with E-state index in [9.17, 15) is 4.79 Å². The molecule has 0 saturated heterocycles. The van der Waals surface area contributed by atoms with E-state index in [-0.39, 0.29) is 12.4 Å². The molecule has 0 unspecified atom stereocenters. The minimum atomic E-state index is -0.207. The first-order valence-electron chi connectivity index (χ1n) is 8.97. The fourth-order valence-corrected chi connectivity index (χ4v) is 2.99. The fourth-order valence-electron chi connectivity index (χ4n) is 2.99. The molecule has 0 N–H and O–H groups in total. The van der Waals surface area contributed by atoms with Crippen LogP contribution in [-0.2, 0) is 13.0 Å². The molecule has 0 fully saturated rings. The highest BCUT2D eigenvalue weighted by Gasteiger charge is 2.15. The second-order valence-electron chi connectivity index (χ2n) is 6.35. The summed E-state index contributed by atoms with van der Waals surface area (Å²) >= 11 is 0. The van der Waals surface area contributed by atoms with Gasteiger partial charge in [0.05, 0.1) is 12.2 Å². The van der Waals surface area contributed by atoms with Crippen molar-refractivity contribution < 1.29 is 14.0 Å². The summed E-state index contributed by atoms with van der Waals surface area (Å²) < 4.78 is 17.4. The summed E-state index contributed by atoms with van der Waals surface area (Å²) in [5.74, 6) is 2.24. The van der Waals surface area contributed by atoms with Crippen molar-refractivity contribution in [3.8, 4) is 34.1 Å². The predicted molar refractivity (Wildman–Crippen MR) is 101 cm³/mol. The molecule has 9 nitrogen and oxygen atoms in total. The van der Waals surface area contributed by atoms with Gasteiger partial charge in [-0.3, -0.25) is 9.78 Å². The minimum absolute atomic E-state index is 0.205. The number of aryl methyl sites for hydroxylation is 2. The van der Waals surface area contributed by atoms with Gasteiger partial charge in [0.15, 0.2) is 11.5 Å². The van der Waals surface area contributed by atoms with Crippen LogP contribution in [0.2, 0.25) is 0 Å². The van der Waals surface area contributed by atoms with E-state index in [0.29, 0.717) is 41.9 Å². The Kier molecular flexibility index (Phi) is 4.24. The Hall–Kier alpha value is -4.01. The zero-order valence-electron chi connectivity index (χ0n) is 15.2. The van der Waals surface area contributed by atoms with Crippen molar-refractivity contribution >= 4 is 0 Å². The molecule has 0 atom stereocenters. The highest BCUT2D eigenvalue weighted by atomic mass is 16.7. The summed E-state index contributed by atoms with van der Waals surface area (Å²) in [4.78, 5) is 20.6. The van der Waals surface area contributed by atoms with Gasteiger partial charge in [0.25, 0.3) is 5.56 Å². The molecule has 3 aromatic heterocycles. The molecule has 1 aliphatic heterocycles. The smallest absolute Gasteiger partial charge is 0.266 e. The number of hydrogen-bond donors (Lipinski definition) is 0. The van der Waals surface area contributed by atoms with Gasteiger partial charge in [0, 0.05) is 36.0 Å². The van der Waals surface area contributed by atoms with Gasteiger partial charge < -0.3 is 14.0 Å². The summed E-state index contributed by atoms with van der Waals surface area (Å²) in [5, 5.41) is 8.42. The zero-order valence-corrected chi connectivity index (χ0v) is 15.2. The normalized spacial score (nSPS) is 12.3. The van der Waals surface area contributed by atoms with Crippen LogP contribution in [0.25, 0.3) is 22.6 Å². The van der Waals surface area contributed by atoms with Crippen LogP contribution in [0.3, 0.4) is 0 Å². The standard InChI is InChI=1S/C20H15N5O4/c26-19-6-4-15(13-3-5-16-17(10-13)28-12-27-16)23-25(19)9-7-18-22-20(24-29-18)14-2-1-8-21-11-14/h1-6,8,10-11H,7,9,12H2. The average Bonchev–Trinajstić information content (AvgIpc) is 3.43. The van der Waals surface area contributed by atoms with Crippen molar-refractivity contribution in [2.75, 3.05) is 6.79 Å². The van der Waals surface area contributed by atoms with Gasteiger partial charge in [-0.25, -0.2) is 4.68 Å². The quantitative estimate of drug-likeness (QED) is 0.512. The lowest BCUT2D eigenvalue weighted by atomic mass is 10.1. The van der Waals surface area contributed by atoms with Crippen molar-refractivity contribution in [1.29, 1.82) is 0 Å². The molecule has 0 aliphatic carbocycles. The van der Waals surface area contributed by atoms with Crippen LogP contribution in [0, 0.1) is 0 Å². The SMILES string of the molecule is O=c1ccc(-c2ccc3c(c2)OCO3)nn1CCc1nc(-c2cccnc2)no1. The summed E-state index contributed by atoms with van der Waals surface area (Å²) in [6.07, 6.45) is 3.72.